The van der Waals surface area contributed by atoms with Gasteiger partial charge in [0, 0.05) is 14.1 Å². The number of amides is 1. The zero-order chi connectivity index (χ0) is 17.0. The second kappa shape index (κ2) is 7.61. The highest BCUT2D eigenvalue weighted by molar-refractivity contribution is 7.89. The third-order valence-electron chi connectivity index (χ3n) is 3.81. The smallest absolute Gasteiger partial charge is 0.242 e. The molecule has 8 heteroatoms. The van der Waals surface area contributed by atoms with Crippen molar-refractivity contribution in [1.29, 1.82) is 0 Å². The van der Waals surface area contributed by atoms with E-state index in [-0.39, 0.29) is 10.8 Å². The van der Waals surface area contributed by atoms with E-state index in [9.17, 15) is 13.2 Å². The van der Waals surface area contributed by atoms with Crippen molar-refractivity contribution >= 4 is 33.2 Å². The first-order valence-electron chi connectivity index (χ1n) is 7.55. The van der Waals surface area contributed by atoms with Gasteiger partial charge in [-0.3, -0.25) is 9.69 Å². The maximum Gasteiger partial charge on any atom is 0.242 e. The predicted molar refractivity (Wildman–Crippen MR) is 91.2 cm³/mol. The maximum absolute atomic E-state index is 12.2. The van der Waals surface area contributed by atoms with E-state index in [0.29, 0.717) is 17.3 Å². The van der Waals surface area contributed by atoms with Crippen LogP contribution in [0.5, 0.6) is 0 Å². The van der Waals surface area contributed by atoms with Gasteiger partial charge in [-0.05, 0) is 44.1 Å². The van der Waals surface area contributed by atoms with Crippen LogP contribution in [0.2, 0.25) is 5.02 Å². The lowest BCUT2D eigenvalue weighted by Crippen LogP contribution is -2.36. The van der Waals surface area contributed by atoms with Gasteiger partial charge in [0.05, 0.1) is 22.2 Å². The first-order valence-corrected chi connectivity index (χ1v) is 9.37. The van der Waals surface area contributed by atoms with Crippen LogP contribution in [0.25, 0.3) is 0 Å². The second-order valence-electron chi connectivity index (χ2n) is 5.81. The van der Waals surface area contributed by atoms with E-state index < -0.39 is 10.0 Å². The first-order chi connectivity index (χ1) is 10.8. The van der Waals surface area contributed by atoms with Gasteiger partial charge in [-0.25, -0.2) is 12.7 Å². The minimum atomic E-state index is -3.57. The molecule has 0 saturated carbocycles. The first kappa shape index (κ1) is 18.2. The molecule has 0 radical (unpaired) electrons. The molecule has 6 nitrogen and oxygen atoms in total. The number of carbonyl (C=O) groups is 1. The fraction of sp³-hybridized carbons (Fsp3) is 0.533. The van der Waals surface area contributed by atoms with Crippen LogP contribution in [0.15, 0.2) is 23.1 Å². The molecule has 1 aromatic rings. The molecule has 1 aromatic carbocycles. The zero-order valence-electron chi connectivity index (χ0n) is 13.4. The van der Waals surface area contributed by atoms with Crippen LogP contribution in [0.1, 0.15) is 19.3 Å². The summed E-state index contributed by atoms with van der Waals surface area (Å²) in [5.41, 5.74) is 0.316. The van der Waals surface area contributed by atoms with Crippen LogP contribution in [0.3, 0.4) is 0 Å². The van der Waals surface area contributed by atoms with Crippen LogP contribution in [0, 0.1) is 0 Å². The molecule has 128 valence electrons. The molecule has 1 saturated heterocycles. The molecule has 0 bridgehead atoms. The molecule has 1 amide bonds. The van der Waals surface area contributed by atoms with E-state index in [1.54, 1.807) is 0 Å². The van der Waals surface area contributed by atoms with Gasteiger partial charge in [-0.15, -0.1) is 0 Å². The number of benzene rings is 1. The Balaban J connectivity index is 2.11. The highest BCUT2D eigenvalue weighted by atomic mass is 35.5. The number of sulfonamides is 1. The van der Waals surface area contributed by atoms with Gasteiger partial charge in [0.2, 0.25) is 15.9 Å². The van der Waals surface area contributed by atoms with E-state index >= 15 is 0 Å². The minimum Gasteiger partial charge on any atom is -0.324 e. The Labute approximate surface area is 142 Å². The number of nitrogens with one attached hydrogen (secondary N) is 1. The number of piperidine rings is 1. The summed E-state index contributed by atoms with van der Waals surface area (Å²) in [5, 5.41) is 3.03. The largest absolute Gasteiger partial charge is 0.324 e. The Hall–Kier alpha value is -1.15. The summed E-state index contributed by atoms with van der Waals surface area (Å²) in [6, 6.07) is 4.30. The lowest BCUT2D eigenvalue weighted by atomic mass is 10.1. The molecule has 23 heavy (non-hydrogen) atoms. The number of anilines is 1. The topological polar surface area (TPSA) is 69.7 Å². The van der Waals surface area contributed by atoms with Crippen LogP contribution in [0.4, 0.5) is 5.69 Å². The molecule has 0 aromatic heterocycles. The fourth-order valence-corrected chi connectivity index (χ4v) is 3.58. The highest BCUT2D eigenvalue weighted by Crippen LogP contribution is 2.26. The Morgan fingerprint density at radius 1 is 1.26 bits per heavy atom. The van der Waals surface area contributed by atoms with Crippen molar-refractivity contribution in [2.45, 2.75) is 24.2 Å². The number of nitrogens with zero attached hydrogens (tertiary/aromatic N) is 2. The summed E-state index contributed by atoms with van der Waals surface area (Å²) in [6.07, 6.45) is 3.41. The quantitative estimate of drug-likeness (QED) is 0.873. The average Bonchev–Trinajstić information content (AvgIpc) is 2.50. The molecule has 1 fully saturated rings. The SMILES string of the molecule is CN(C)S(=O)(=O)c1ccc(Cl)c(NC(=O)CN2CCCCC2)c1. The number of hydrogen-bond acceptors (Lipinski definition) is 4. The average molecular weight is 360 g/mol. The Bertz CT molecular complexity index is 671. The molecule has 1 N–H and O–H groups in total. The summed E-state index contributed by atoms with van der Waals surface area (Å²) >= 11 is 6.08. The van der Waals surface area contributed by atoms with Crippen molar-refractivity contribution in [1.82, 2.24) is 9.21 Å². The van der Waals surface area contributed by atoms with E-state index in [2.05, 4.69) is 10.2 Å². The van der Waals surface area contributed by atoms with Crippen molar-refractivity contribution in [3.05, 3.63) is 23.2 Å². The highest BCUT2D eigenvalue weighted by Gasteiger charge is 2.20. The molecule has 1 heterocycles. The molecular formula is C15H22ClN3O3S. The van der Waals surface area contributed by atoms with E-state index in [1.165, 1.54) is 38.7 Å². The van der Waals surface area contributed by atoms with Gasteiger partial charge >= 0.3 is 0 Å². The van der Waals surface area contributed by atoms with Gasteiger partial charge in [-0.2, -0.15) is 0 Å². The zero-order valence-corrected chi connectivity index (χ0v) is 15.0. The van der Waals surface area contributed by atoms with E-state index in [0.717, 1.165) is 30.2 Å². The Morgan fingerprint density at radius 3 is 2.52 bits per heavy atom. The summed E-state index contributed by atoms with van der Waals surface area (Å²) in [5.74, 6) is -0.187. The molecule has 0 atom stereocenters. The standard InChI is InChI=1S/C15H22ClN3O3S/c1-18(2)23(21,22)12-6-7-13(16)14(10-12)17-15(20)11-19-8-4-3-5-9-19/h6-7,10H,3-5,8-9,11H2,1-2H3,(H,17,20). The van der Waals surface area contributed by atoms with Crippen LogP contribution in [-0.4, -0.2) is 57.3 Å². The van der Waals surface area contributed by atoms with Gasteiger partial charge < -0.3 is 5.32 Å². The summed E-state index contributed by atoms with van der Waals surface area (Å²) in [7, 11) is -0.652. The fourth-order valence-electron chi connectivity index (χ4n) is 2.48. The monoisotopic (exact) mass is 359 g/mol. The van der Waals surface area contributed by atoms with Gasteiger partial charge in [0.15, 0.2) is 0 Å². The maximum atomic E-state index is 12.2. The Morgan fingerprint density at radius 2 is 1.91 bits per heavy atom. The van der Waals surface area contributed by atoms with Crippen LogP contribution in [-0.2, 0) is 14.8 Å². The number of halogens is 1. The lowest BCUT2D eigenvalue weighted by molar-refractivity contribution is -0.117. The van der Waals surface area contributed by atoms with Gasteiger partial charge in [0.25, 0.3) is 0 Å². The molecule has 2 rings (SSSR count). The molecule has 1 aliphatic rings. The normalized spacial score (nSPS) is 16.5. The molecule has 0 spiro atoms. The third-order valence-corrected chi connectivity index (χ3v) is 5.95. The number of likely N-dealkylation sites (tertiary alicyclic amines) is 1. The summed E-state index contributed by atoms with van der Waals surface area (Å²) in [6.45, 7) is 2.12. The van der Waals surface area contributed by atoms with Crippen molar-refractivity contribution in [2.24, 2.45) is 0 Å². The predicted octanol–water partition coefficient (Wildman–Crippen LogP) is 2.01. The molecule has 0 unspecified atom stereocenters. The molecule has 1 aliphatic heterocycles. The van der Waals surface area contributed by atoms with Crippen LogP contribution >= 0.6 is 11.6 Å². The van der Waals surface area contributed by atoms with Gasteiger partial charge in [-0.1, -0.05) is 18.0 Å². The van der Waals surface area contributed by atoms with E-state index in [4.69, 9.17) is 11.6 Å². The lowest BCUT2D eigenvalue weighted by Gasteiger charge is -2.25. The molecular weight excluding hydrogens is 338 g/mol. The molecule has 0 aliphatic carbocycles. The number of carbonyl (C=O) groups excluding carboxylic acids is 1. The Kier molecular flexibility index (Phi) is 6.02. The van der Waals surface area contributed by atoms with Crippen molar-refractivity contribution < 1.29 is 13.2 Å². The number of hydrogen-bond donors (Lipinski definition) is 1. The van der Waals surface area contributed by atoms with E-state index in [1.807, 2.05) is 0 Å². The summed E-state index contributed by atoms with van der Waals surface area (Å²) < 4.78 is 25.4. The second-order valence-corrected chi connectivity index (χ2v) is 8.37. The van der Waals surface area contributed by atoms with Crippen LogP contribution < -0.4 is 5.32 Å². The van der Waals surface area contributed by atoms with Crippen molar-refractivity contribution in [3.8, 4) is 0 Å². The summed E-state index contributed by atoms with van der Waals surface area (Å²) in [4.78, 5) is 14.3. The van der Waals surface area contributed by atoms with Crippen molar-refractivity contribution in [2.75, 3.05) is 39.0 Å². The van der Waals surface area contributed by atoms with Crippen molar-refractivity contribution in [3.63, 3.8) is 0 Å². The number of rotatable bonds is 5. The van der Waals surface area contributed by atoms with Gasteiger partial charge in [0.1, 0.15) is 0 Å². The third kappa shape index (κ3) is 4.67. The minimum absolute atomic E-state index is 0.0974.